The maximum Gasteiger partial charge on any atom is 0.406 e. The van der Waals surface area contributed by atoms with Gasteiger partial charge >= 0.3 is 6.09 Å². The Bertz CT molecular complexity index is 1570. The van der Waals surface area contributed by atoms with Gasteiger partial charge in [-0.2, -0.15) is 5.10 Å². The largest absolute Gasteiger partial charge is 0.465 e. The predicted molar refractivity (Wildman–Crippen MR) is 154 cm³/mol. The van der Waals surface area contributed by atoms with Gasteiger partial charge in [-0.15, -0.1) is 0 Å². The first-order valence-corrected chi connectivity index (χ1v) is 13.6. The van der Waals surface area contributed by atoms with Gasteiger partial charge in [-0.1, -0.05) is 44.5 Å². The van der Waals surface area contributed by atoms with Crippen LogP contribution in [0, 0.1) is 17.2 Å². The van der Waals surface area contributed by atoms with Crippen LogP contribution < -0.4 is 22.1 Å². The number of carboxylic acid groups (broad SMARTS) is 1. The summed E-state index contributed by atoms with van der Waals surface area (Å²) in [6.07, 6.45) is -0.510. The van der Waals surface area contributed by atoms with Gasteiger partial charge in [0.2, 0.25) is 11.8 Å². The Labute approximate surface area is 246 Å². The zero-order chi connectivity index (χ0) is 31.0. The molecule has 7 N–H and O–H groups in total. The summed E-state index contributed by atoms with van der Waals surface area (Å²) in [5.74, 6) is -3.14. The molecule has 12 nitrogen and oxygen atoms in total. The predicted octanol–water partition coefficient (Wildman–Crippen LogP) is 3.07. The van der Waals surface area contributed by atoms with E-state index >= 15 is 0 Å². The molecule has 14 heteroatoms. The average molecular weight is 602 g/mol. The van der Waals surface area contributed by atoms with Crippen molar-refractivity contribution < 1.29 is 28.7 Å². The number of nitrogen functional groups attached to an aromatic ring is 1. The second-order valence-corrected chi connectivity index (χ2v) is 11.8. The number of aromatic nitrogens is 2. The van der Waals surface area contributed by atoms with E-state index in [0.717, 1.165) is 0 Å². The summed E-state index contributed by atoms with van der Waals surface area (Å²) < 4.78 is 15.7. The summed E-state index contributed by atoms with van der Waals surface area (Å²) in [5.41, 5.74) is 10.3. The molecule has 42 heavy (non-hydrogen) atoms. The van der Waals surface area contributed by atoms with E-state index in [1.54, 1.807) is 18.2 Å². The van der Waals surface area contributed by atoms with Crippen LogP contribution in [0.3, 0.4) is 0 Å². The van der Waals surface area contributed by atoms with Gasteiger partial charge in [0.25, 0.3) is 5.91 Å². The minimum absolute atomic E-state index is 0.0903. The molecule has 1 aliphatic rings. The molecule has 224 valence electrons. The van der Waals surface area contributed by atoms with E-state index in [9.17, 15) is 28.7 Å². The van der Waals surface area contributed by atoms with Gasteiger partial charge in [0, 0.05) is 29.1 Å². The van der Waals surface area contributed by atoms with E-state index in [2.05, 4.69) is 15.7 Å². The molecule has 1 fully saturated rings. The number of fused-ring (bicyclic) bond motifs is 1. The van der Waals surface area contributed by atoms with E-state index < -0.39 is 53.8 Å². The Balaban J connectivity index is 1.70. The van der Waals surface area contributed by atoms with Crippen molar-refractivity contribution in [1.82, 2.24) is 25.3 Å². The fourth-order valence-corrected chi connectivity index (χ4v) is 5.87. The number of hydrogen-bond acceptors (Lipinski definition) is 6. The van der Waals surface area contributed by atoms with Crippen molar-refractivity contribution in [2.75, 3.05) is 12.3 Å². The van der Waals surface area contributed by atoms with Crippen molar-refractivity contribution in [2.45, 2.75) is 52.4 Å². The Hall–Kier alpha value is -4.39. The first-order chi connectivity index (χ1) is 19.6. The van der Waals surface area contributed by atoms with Gasteiger partial charge in [0.1, 0.15) is 24.6 Å². The number of carbonyl (C=O) groups is 4. The average Bonchev–Trinajstić information content (AvgIpc) is 3.22. The number of nitrogens with two attached hydrogens (primary N) is 2. The van der Waals surface area contributed by atoms with E-state index in [1.165, 1.54) is 27.8 Å². The van der Waals surface area contributed by atoms with Crippen LogP contribution in [0.5, 0.6) is 0 Å². The molecular formula is C28H33ClFN7O5. The number of rotatable bonds is 9. The third-order valence-electron chi connectivity index (χ3n) is 7.64. The molecule has 2 unspecified atom stereocenters. The van der Waals surface area contributed by atoms with Gasteiger partial charge in [-0.05, 0) is 42.5 Å². The number of amides is 4. The Kier molecular flexibility index (Phi) is 8.35. The number of halogens is 2. The second-order valence-electron chi connectivity index (χ2n) is 11.4. The molecule has 4 amide bonds. The van der Waals surface area contributed by atoms with Crippen molar-refractivity contribution in [1.29, 1.82) is 0 Å². The van der Waals surface area contributed by atoms with Gasteiger partial charge in [0.05, 0.1) is 10.5 Å². The summed E-state index contributed by atoms with van der Waals surface area (Å²) >= 11 is 5.85. The van der Waals surface area contributed by atoms with Crippen molar-refractivity contribution >= 4 is 52.0 Å². The normalized spacial score (nSPS) is 18.3. The van der Waals surface area contributed by atoms with Crippen LogP contribution in [-0.2, 0) is 22.7 Å². The smallest absolute Gasteiger partial charge is 0.406 e. The van der Waals surface area contributed by atoms with Crippen molar-refractivity contribution in [2.24, 2.45) is 17.1 Å². The van der Waals surface area contributed by atoms with E-state index in [0.29, 0.717) is 23.0 Å². The highest BCUT2D eigenvalue weighted by atomic mass is 35.5. The summed E-state index contributed by atoms with van der Waals surface area (Å²) in [5, 5.41) is 19.4. The molecule has 1 heterocycles. The van der Waals surface area contributed by atoms with Crippen LogP contribution in [0.15, 0.2) is 36.4 Å². The highest BCUT2D eigenvalue weighted by Crippen LogP contribution is 2.51. The van der Waals surface area contributed by atoms with Crippen LogP contribution in [0.25, 0.3) is 10.9 Å². The van der Waals surface area contributed by atoms with Crippen molar-refractivity contribution in [3.05, 3.63) is 58.5 Å². The third-order valence-corrected chi connectivity index (χ3v) is 7.94. The molecule has 0 radical (unpaired) electrons. The molecule has 1 saturated carbocycles. The maximum absolute atomic E-state index is 14.4. The van der Waals surface area contributed by atoms with Crippen LogP contribution in [0.4, 0.5) is 14.9 Å². The van der Waals surface area contributed by atoms with E-state index in [4.69, 9.17) is 23.1 Å². The molecule has 0 aliphatic heterocycles. The summed E-state index contributed by atoms with van der Waals surface area (Å²) in [6, 6.07) is 9.05. The van der Waals surface area contributed by atoms with Gasteiger partial charge in [-0.3, -0.25) is 24.4 Å². The van der Waals surface area contributed by atoms with Crippen LogP contribution >= 0.6 is 11.6 Å². The van der Waals surface area contributed by atoms with E-state index in [-0.39, 0.29) is 35.2 Å². The zero-order valence-corrected chi connectivity index (χ0v) is 24.2. The number of nitrogens with zero attached hydrogens (tertiary/aromatic N) is 3. The highest BCUT2D eigenvalue weighted by Gasteiger charge is 2.58. The molecule has 0 saturated heterocycles. The molecular weight excluding hydrogens is 569 g/mol. The summed E-state index contributed by atoms with van der Waals surface area (Å²) in [7, 11) is 0. The fourth-order valence-electron chi connectivity index (χ4n) is 5.68. The minimum atomic E-state index is -1.42. The number of anilines is 1. The van der Waals surface area contributed by atoms with Gasteiger partial charge in [-0.25, -0.2) is 9.18 Å². The molecule has 0 bridgehead atoms. The minimum Gasteiger partial charge on any atom is -0.465 e. The quantitative estimate of drug-likeness (QED) is 0.184. The molecule has 1 aliphatic carbocycles. The molecule has 3 aromatic rings. The first-order valence-electron chi connectivity index (χ1n) is 13.2. The van der Waals surface area contributed by atoms with Crippen molar-refractivity contribution in [3.8, 4) is 0 Å². The maximum atomic E-state index is 14.4. The number of carbonyl (C=O) groups excluding carboxylic acids is 3. The third kappa shape index (κ3) is 5.96. The lowest BCUT2D eigenvalue weighted by atomic mass is 9.60. The molecule has 2 atom stereocenters. The lowest BCUT2D eigenvalue weighted by molar-refractivity contribution is -0.163. The molecule has 4 rings (SSSR count). The Morgan fingerprint density at radius 3 is 2.55 bits per heavy atom. The van der Waals surface area contributed by atoms with E-state index in [1.807, 2.05) is 20.8 Å². The Morgan fingerprint density at radius 1 is 1.24 bits per heavy atom. The first kappa shape index (κ1) is 30.6. The number of nitrogens with one attached hydrogen (secondary N) is 2. The summed E-state index contributed by atoms with van der Waals surface area (Å²) in [4.78, 5) is 52.6. The molecule has 0 spiro atoms. The van der Waals surface area contributed by atoms with Crippen molar-refractivity contribution in [3.63, 3.8) is 0 Å². The number of hydrogen-bond donors (Lipinski definition) is 5. The lowest BCUT2D eigenvalue weighted by Crippen LogP contribution is -2.74. The lowest BCUT2D eigenvalue weighted by Gasteiger charge is -2.59. The number of primary amides is 1. The molecule has 2 aromatic carbocycles. The van der Waals surface area contributed by atoms with Crippen LogP contribution in [0.1, 0.15) is 49.7 Å². The second kappa shape index (κ2) is 11.5. The standard InChI is InChI=1S/C28H33ClFN7O5/c1-27(2,3)20-9-10-28(20,34-26(41)42)36(13-21(38)33-12-15-5-4-6-18(29)23(15)30)22(39)14-37-19-8-7-16(31)11-17(19)24(35-37)25(32)40/h4-8,11,20,34H,9-10,12-14,31H2,1-3H3,(H2,32,40)(H,33,38)(H,41,42). The summed E-state index contributed by atoms with van der Waals surface area (Å²) in [6.45, 7) is 4.58. The van der Waals surface area contributed by atoms with Gasteiger partial charge < -0.3 is 26.8 Å². The fraction of sp³-hybridized carbons (Fsp3) is 0.393. The van der Waals surface area contributed by atoms with Crippen LogP contribution in [-0.4, -0.2) is 55.8 Å². The topological polar surface area (TPSA) is 186 Å². The highest BCUT2D eigenvalue weighted by molar-refractivity contribution is 6.30. The Morgan fingerprint density at radius 2 is 1.95 bits per heavy atom. The SMILES string of the molecule is CC(C)(C)C1CCC1(NC(=O)O)N(CC(=O)NCc1cccc(Cl)c1F)C(=O)Cn1nc(C(N)=O)c2cc(N)ccc21. The van der Waals surface area contributed by atoms with Crippen LogP contribution in [0.2, 0.25) is 5.02 Å². The zero-order valence-electron chi connectivity index (χ0n) is 23.4. The van der Waals surface area contributed by atoms with Gasteiger partial charge in [0.15, 0.2) is 5.69 Å². The monoisotopic (exact) mass is 601 g/mol. The number of benzene rings is 2. The molecule has 1 aromatic heterocycles.